The molecule has 3 nitrogen and oxygen atoms in total. The summed E-state index contributed by atoms with van der Waals surface area (Å²) < 4.78 is 0. The molecule has 0 spiro atoms. The van der Waals surface area contributed by atoms with Gasteiger partial charge in [0.15, 0.2) is 0 Å². The van der Waals surface area contributed by atoms with Crippen molar-refractivity contribution in [2.75, 3.05) is 0 Å². The molecule has 0 aliphatic carbocycles. The first-order valence-corrected chi connectivity index (χ1v) is 1.80. The first-order chi connectivity index (χ1) is 1.73. The monoisotopic (exact) mass is 93.0 g/mol. The number of hydrogen-bond donors (Lipinski definition) is 3. The molecule has 0 aliphatic rings. The van der Waals surface area contributed by atoms with Crippen molar-refractivity contribution in [2.24, 2.45) is 0 Å². The van der Waals surface area contributed by atoms with Crippen LogP contribution in [0, 0.1) is 0 Å². The van der Waals surface area contributed by atoms with Gasteiger partial charge in [-0.25, -0.2) is 0 Å². The van der Waals surface area contributed by atoms with E-state index in [2.05, 4.69) is 0 Å². The molecule has 0 bridgehead atoms. The van der Waals surface area contributed by atoms with Crippen molar-refractivity contribution in [1.29, 1.82) is 0 Å². The van der Waals surface area contributed by atoms with Gasteiger partial charge in [0.1, 0.15) is 0 Å². The first-order valence-electron chi connectivity index (χ1n) is 0.600. The van der Waals surface area contributed by atoms with Crippen LogP contribution in [0.1, 0.15) is 0 Å². The molecule has 0 heterocycles. The Kier molecular flexibility index (Phi) is 8.13. The van der Waals surface area contributed by atoms with Gasteiger partial charge in [-0.05, 0) is 0 Å². The zero-order valence-electron chi connectivity index (χ0n) is 1.79. The van der Waals surface area contributed by atoms with E-state index in [1.807, 2.05) is 0 Å². The van der Waals surface area contributed by atoms with Gasteiger partial charge >= 0.3 is 18.7 Å². The molecule has 0 aromatic rings. The normalized spacial score (nSPS) is 7.20. The van der Waals surface area contributed by atoms with E-state index in [1.54, 1.807) is 0 Å². The van der Waals surface area contributed by atoms with Crippen LogP contribution in [0.25, 0.3) is 0 Å². The summed E-state index contributed by atoms with van der Waals surface area (Å²) in [6, 6.07) is 0. The number of hydrogen-bond acceptors (Lipinski definition) is 3. The van der Waals surface area contributed by atoms with E-state index in [9.17, 15) is 0 Å². The zero-order valence-corrected chi connectivity index (χ0v) is 2.68. The van der Waals surface area contributed by atoms with Gasteiger partial charge in [0.05, 0.1) is 0 Å². The second-order valence-corrected chi connectivity index (χ2v) is 0.805. The second kappa shape index (κ2) is 4.48. The molecule has 3 N–H and O–H groups in total. The third kappa shape index (κ3) is 120. The second-order valence-electron chi connectivity index (χ2n) is 0.268. The van der Waals surface area contributed by atoms with E-state index in [0.29, 0.717) is 0 Å². The van der Waals surface area contributed by atoms with E-state index in [-0.39, 0.29) is 10.1 Å². The molecule has 5 heavy (non-hydrogen) atoms. The molecule has 0 aliphatic heterocycles. The first kappa shape index (κ1) is 9.08. The molecule has 0 unspecified atom stereocenters. The summed E-state index contributed by atoms with van der Waals surface area (Å²) in [5.74, 6) is 0. The van der Waals surface area contributed by atoms with E-state index >= 15 is 0 Å². The maximum atomic E-state index is 7.23. The molecule has 0 radical (unpaired) electrons. The predicted molar refractivity (Wildman–Crippen MR) is 22.1 cm³/mol. The fourth-order valence-electron chi connectivity index (χ4n) is 0. The summed E-state index contributed by atoms with van der Waals surface area (Å²) in [5, 5.41) is 0. The van der Waals surface area contributed by atoms with Crippen LogP contribution in [0.5, 0.6) is 0 Å². The van der Waals surface area contributed by atoms with Gasteiger partial charge in [-0.15, -0.1) is 0 Å². The molecule has 0 saturated heterocycles. The molecular formula is H5BeO3P. The van der Waals surface area contributed by atoms with Crippen molar-refractivity contribution in [3.05, 3.63) is 0 Å². The molecule has 0 aromatic carbocycles. The Morgan fingerprint density at radius 3 is 1.00 bits per heavy atom. The number of rotatable bonds is 0. The van der Waals surface area contributed by atoms with Crippen LogP contribution in [0.3, 0.4) is 0 Å². The molecule has 0 fully saturated rings. The van der Waals surface area contributed by atoms with Crippen molar-refractivity contribution in [3.8, 4) is 0 Å². The Morgan fingerprint density at radius 1 is 1.00 bits per heavy atom. The quantitative estimate of drug-likeness (QED) is 0.246. The van der Waals surface area contributed by atoms with Crippen LogP contribution < -0.4 is 0 Å². The molecule has 30 valence electrons. The summed E-state index contributed by atoms with van der Waals surface area (Å²) >= 11 is 0. The molecule has 5 heteroatoms. The van der Waals surface area contributed by atoms with Crippen molar-refractivity contribution >= 4 is 18.7 Å². The van der Waals surface area contributed by atoms with Crippen LogP contribution in [-0.4, -0.2) is 24.8 Å². The summed E-state index contributed by atoms with van der Waals surface area (Å²) in [5.41, 5.74) is 0. The summed E-state index contributed by atoms with van der Waals surface area (Å²) in [6.45, 7) is 0. The minimum absolute atomic E-state index is 0. The maximum absolute atomic E-state index is 7.23. The van der Waals surface area contributed by atoms with Gasteiger partial charge < -0.3 is 14.7 Å². The SMILES string of the molecule is OP(O)O.[BeH2]. The topological polar surface area (TPSA) is 60.7 Å². The average molecular weight is 93.0 g/mol. The minimum atomic E-state index is -2.62. The van der Waals surface area contributed by atoms with Gasteiger partial charge in [0.2, 0.25) is 0 Å². The predicted octanol–water partition coefficient (Wildman–Crippen LogP) is -1.73. The fourth-order valence-corrected chi connectivity index (χ4v) is 0. The standard InChI is InChI=1S/Be.H3O3P.2H/c;1-4(2)3;;/h;1-3H;;. The van der Waals surface area contributed by atoms with Crippen LogP contribution in [-0.2, 0) is 0 Å². The van der Waals surface area contributed by atoms with Gasteiger partial charge in [-0.2, -0.15) is 0 Å². The van der Waals surface area contributed by atoms with Gasteiger partial charge in [0, 0.05) is 0 Å². The molecule has 0 atom stereocenters. The van der Waals surface area contributed by atoms with Gasteiger partial charge in [-0.1, -0.05) is 0 Å². The Hall–Kier alpha value is 0.479. The molecule has 0 aromatic heterocycles. The van der Waals surface area contributed by atoms with Crippen molar-refractivity contribution in [1.82, 2.24) is 0 Å². The van der Waals surface area contributed by atoms with Crippen LogP contribution in [0.2, 0.25) is 0 Å². The van der Waals surface area contributed by atoms with Gasteiger partial charge in [0.25, 0.3) is 0 Å². The van der Waals surface area contributed by atoms with Crippen LogP contribution >= 0.6 is 8.60 Å². The van der Waals surface area contributed by atoms with Crippen molar-refractivity contribution in [3.63, 3.8) is 0 Å². The van der Waals surface area contributed by atoms with E-state index in [1.165, 1.54) is 0 Å². The molecule has 0 rings (SSSR count). The van der Waals surface area contributed by atoms with E-state index < -0.39 is 8.60 Å². The molecule has 0 saturated carbocycles. The summed E-state index contributed by atoms with van der Waals surface area (Å²) in [6.07, 6.45) is 0. The zero-order chi connectivity index (χ0) is 3.58. The molecular weight excluding hydrogens is 88.0 g/mol. The van der Waals surface area contributed by atoms with E-state index in [0.717, 1.165) is 0 Å². The average Bonchev–Trinajstić information content (AvgIpc) is 0.811. The van der Waals surface area contributed by atoms with E-state index in [4.69, 9.17) is 14.7 Å². The Bertz CT molecular complexity index is 11.6. The summed E-state index contributed by atoms with van der Waals surface area (Å²) in [4.78, 5) is 21.7. The van der Waals surface area contributed by atoms with Crippen LogP contribution in [0.4, 0.5) is 0 Å². The van der Waals surface area contributed by atoms with Gasteiger partial charge in [-0.3, -0.25) is 0 Å². The van der Waals surface area contributed by atoms with Crippen molar-refractivity contribution < 1.29 is 14.7 Å². The third-order valence-electron chi connectivity index (χ3n) is 0. The third-order valence-corrected chi connectivity index (χ3v) is 0. The Balaban J connectivity index is 0. The van der Waals surface area contributed by atoms with Crippen molar-refractivity contribution in [2.45, 2.75) is 0 Å². The fraction of sp³-hybridized carbons (Fsp3) is 0. The summed E-state index contributed by atoms with van der Waals surface area (Å²) in [7, 11) is -2.62. The molecule has 0 amide bonds. The Labute approximate surface area is 34.5 Å². The van der Waals surface area contributed by atoms with Crippen LogP contribution in [0.15, 0.2) is 0 Å². The Morgan fingerprint density at radius 2 is 1.00 bits per heavy atom.